The Labute approximate surface area is 379 Å². The van der Waals surface area contributed by atoms with E-state index < -0.39 is 74.2 Å². The van der Waals surface area contributed by atoms with Crippen LogP contribution in [0.4, 0.5) is 0 Å². The molecule has 0 saturated carbocycles. The molecule has 0 aromatic heterocycles. The summed E-state index contributed by atoms with van der Waals surface area (Å²) < 4.78 is 11.1. The molecule has 1 heterocycles. The molecule has 1 rings (SSSR count). The molecule has 0 aromatic carbocycles. The highest BCUT2D eigenvalue weighted by Gasteiger charge is 2.44. The number of aliphatic hydroxyl groups is 7. The van der Waals surface area contributed by atoms with Crippen LogP contribution in [0.15, 0.2) is 0 Å². The molecule has 8 N–H and O–H groups in total. The average Bonchev–Trinajstić information content (AvgIpc) is 3.27. The molecule has 1 aliphatic heterocycles. The monoisotopic (exact) mass is 888 g/mol. The van der Waals surface area contributed by atoms with E-state index in [9.17, 15) is 40.5 Å². The number of amides is 1. The zero-order chi connectivity index (χ0) is 45.5. The van der Waals surface area contributed by atoms with Crippen molar-refractivity contribution in [3.8, 4) is 0 Å². The highest BCUT2D eigenvalue weighted by molar-refractivity contribution is 5.80. The smallest absolute Gasteiger partial charge is 0.249 e. The number of aliphatic hydroxyl groups excluding tert-OH is 7. The predicted molar refractivity (Wildman–Crippen MR) is 252 cm³/mol. The van der Waals surface area contributed by atoms with Gasteiger partial charge in [0.15, 0.2) is 6.29 Å². The van der Waals surface area contributed by atoms with E-state index in [1.165, 1.54) is 173 Å². The van der Waals surface area contributed by atoms with Gasteiger partial charge in [-0.2, -0.15) is 0 Å². The van der Waals surface area contributed by atoms with Gasteiger partial charge in [-0.25, -0.2) is 0 Å². The minimum absolute atomic E-state index is 0.267. The third-order valence-corrected chi connectivity index (χ3v) is 13.2. The number of rotatable bonds is 45. The Hall–Kier alpha value is -0.890. The van der Waals surface area contributed by atoms with E-state index in [2.05, 4.69) is 19.2 Å². The van der Waals surface area contributed by atoms with Crippen LogP contribution in [0.1, 0.15) is 251 Å². The zero-order valence-electron chi connectivity index (χ0n) is 40.1. The molecule has 11 nitrogen and oxygen atoms in total. The van der Waals surface area contributed by atoms with Gasteiger partial charge in [0, 0.05) is 0 Å². The minimum atomic E-state index is -1.66. The van der Waals surface area contributed by atoms with Gasteiger partial charge in [0.1, 0.15) is 36.6 Å². The lowest BCUT2D eigenvalue weighted by atomic mass is 9.98. The van der Waals surface area contributed by atoms with E-state index >= 15 is 0 Å². The SMILES string of the molecule is CCCCCCCCCCCCCCCCCCCCCCCCCCCC(O)C(=O)NC(COC1OC(CO)C(O)C(O)C1O)C(O)C(O)CCCCCCCCCCCC. The molecule has 62 heavy (non-hydrogen) atoms. The van der Waals surface area contributed by atoms with Crippen LogP contribution in [-0.4, -0.2) is 110 Å². The number of hydrogen-bond donors (Lipinski definition) is 8. The molecule has 11 heteroatoms. The summed E-state index contributed by atoms with van der Waals surface area (Å²) in [5, 5.41) is 75.7. The van der Waals surface area contributed by atoms with Gasteiger partial charge in [-0.3, -0.25) is 4.79 Å². The molecule has 0 bridgehead atoms. The number of carbonyl (C=O) groups is 1. The fourth-order valence-corrected chi connectivity index (χ4v) is 8.80. The Kier molecular flexibility index (Phi) is 39.6. The van der Waals surface area contributed by atoms with Crippen molar-refractivity contribution in [2.45, 2.75) is 306 Å². The lowest BCUT2D eigenvalue weighted by Gasteiger charge is -2.40. The summed E-state index contributed by atoms with van der Waals surface area (Å²) in [6.07, 6.45) is 33.2. The normalized spacial score (nSPS) is 21.2. The molecule has 0 aliphatic carbocycles. The lowest BCUT2D eigenvalue weighted by molar-refractivity contribution is -0.303. The van der Waals surface area contributed by atoms with Crippen LogP contribution >= 0.6 is 0 Å². The van der Waals surface area contributed by atoms with Gasteiger partial charge in [0.25, 0.3) is 0 Å². The second-order valence-electron chi connectivity index (χ2n) is 19.0. The van der Waals surface area contributed by atoms with E-state index in [0.717, 1.165) is 38.5 Å². The number of ether oxygens (including phenoxy) is 2. The summed E-state index contributed by atoms with van der Waals surface area (Å²) in [6, 6.07) is -1.16. The van der Waals surface area contributed by atoms with Gasteiger partial charge in [0.2, 0.25) is 5.91 Å². The van der Waals surface area contributed by atoms with Crippen molar-refractivity contribution in [2.24, 2.45) is 0 Å². The lowest BCUT2D eigenvalue weighted by Crippen LogP contribution is -2.60. The highest BCUT2D eigenvalue weighted by atomic mass is 16.7. The standard InChI is InChI=1S/C51H101NO10/c1-3-5-7-9-11-13-15-16-17-18-19-20-21-22-23-24-25-26-27-28-29-31-33-35-37-39-44(55)50(60)52-42(41-61-51-49(59)48(58)47(57)45(40-53)62-51)46(56)43(54)38-36-34-32-30-14-12-10-8-6-4-2/h42-49,51,53-59H,3-41H2,1-2H3,(H,52,60). The van der Waals surface area contributed by atoms with Crippen LogP contribution < -0.4 is 5.32 Å². The van der Waals surface area contributed by atoms with Gasteiger partial charge in [-0.05, 0) is 12.8 Å². The molecule has 1 saturated heterocycles. The van der Waals surface area contributed by atoms with Crippen LogP contribution in [0.25, 0.3) is 0 Å². The van der Waals surface area contributed by atoms with Crippen LogP contribution in [0.5, 0.6) is 0 Å². The summed E-state index contributed by atoms with van der Waals surface area (Å²) in [5.74, 6) is -0.693. The van der Waals surface area contributed by atoms with Gasteiger partial charge in [-0.15, -0.1) is 0 Å². The van der Waals surface area contributed by atoms with Gasteiger partial charge in [-0.1, -0.05) is 239 Å². The Bertz CT molecular complexity index is 975. The fourth-order valence-electron chi connectivity index (χ4n) is 8.80. The van der Waals surface area contributed by atoms with E-state index in [-0.39, 0.29) is 6.42 Å². The number of carbonyl (C=O) groups excluding carboxylic acids is 1. The Morgan fingerprint density at radius 3 is 1.19 bits per heavy atom. The third-order valence-electron chi connectivity index (χ3n) is 13.2. The summed E-state index contributed by atoms with van der Waals surface area (Å²) in [5.41, 5.74) is 0. The van der Waals surface area contributed by atoms with Crippen molar-refractivity contribution < 1.29 is 50.0 Å². The zero-order valence-corrected chi connectivity index (χ0v) is 40.1. The van der Waals surface area contributed by atoms with Gasteiger partial charge in [0.05, 0.1) is 25.4 Å². The molecule has 9 unspecified atom stereocenters. The van der Waals surface area contributed by atoms with Crippen LogP contribution in [0.2, 0.25) is 0 Å². The first-order valence-electron chi connectivity index (χ1n) is 26.4. The Morgan fingerprint density at radius 2 is 0.839 bits per heavy atom. The molecule has 0 radical (unpaired) electrons. The maximum absolute atomic E-state index is 13.1. The molecular formula is C51H101NO10. The van der Waals surface area contributed by atoms with Gasteiger partial charge < -0.3 is 50.5 Å². The van der Waals surface area contributed by atoms with Crippen LogP contribution in [0, 0.1) is 0 Å². The third kappa shape index (κ3) is 30.3. The van der Waals surface area contributed by atoms with Crippen molar-refractivity contribution in [1.29, 1.82) is 0 Å². The largest absolute Gasteiger partial charge is 0.394 e. The first-order chi connectivity index (χ1) is 30.2. The molecular weight excluding hydrogens is 787 g/mol. The van der Waals surface area contributed by atoms with E-state index in [1.54, 1.807) is 0 Å². The summed E-state index contributed by atoms with van der Waals surface area (Å²) in [7, 11) is 0. The van der Waals surface area contributed by atoms with Crippen molar-refractivity contribution in [3.05, 3.63) is 0 Å². The topological polar surface area (TPSA) is 189 Å². The molecule has 1 amide bonds. The molecule has 0 aromatic rings. The number of hydrogen-bond acceptors (Lipinski definition) is 10. The first-order valence-corrected chi connectivity index (χ1v) is 26.4. The van der Waals surface area contributed by atoms with Gasteiger partial charge >= 0.3 is 0 Å². The quantitative estimate of drug-likeness (QED) is 0.0273. The van der Waals surface area contributed by atoms with Crippen molar-refractivity contribution in [1.82, 2.24) is 5.32 Å². The van der Waals surface area contributed by atoms with Crippen LogP contribution in [0.3, 0.4) is 0 Å². The summed E-state index contributed by atoms with van der Waals surface area (Å²) in [6.45, 7) is 3.45. The fraction of sp³-hybridized carbons (Fsp3) is 0.980. The van der Waals surface area contributed by atoms with E-state index in [1.807, 2.05) is 0 Å². The minimum Gasteiger partial charge on any atom is -0.394 e. The molecule has 9 atom stereocenters. The Morgan fingerprint density at radius 1 is 0.500 bits per heavy atom. The molecule has 0 spiro atoms. The maximum Gasteiger partial charge on any atom is 0.249 e. The average molecular weight is 888 g/mol. The van der Waals surface area contributed by atoms with Crippen molar-refractivity contribution >= 4 is 5.91 Å². The molecule has 1 fully saturated rings. The maximum atomic E-state index is 13.1. The van der Waals surface area contributed by atoms with Crippen LogP contribution in [-0.2, 0) is 14.3 Å². The summed E-state index contributed by atoms with van der Waals surface area (Å²) in [4.78, 5) is 13.1. The first kappa shape index (κ1) is 59.1. The highest BCUT2D eigenvalue weighted by Crippen LogP contribution is 2.23. The Balaban J connectivity index is 2.26. The van der Waals surface area contributed by atoms with E-state index in [4.69, 9.17) is 9.47 Å². The van der Waals surface area contributed by atoms with Crippen molar-refractivity contribution in [2.75, 3.05) is 13.2 Å². The number of nitrogens with one attached hydrogen (secondary N) is 1. The predicted octanol–water partition coefficient (Wildman–Crippen LogP) is 9.84. The summed E-state index contributed by atoms with van der Waals surface area (Å²) >= 11 is 0. The second-order valence-corrected chi connectivity index (χ2v) is 19.0. The second kappa shape index (κ2) is 41.5. The molecule has 1 aliphatic rings. The van der Waals surface area contributed by atoms with Crippen molar-refractivity contribution in [3.63, 3.8) is 0 Å². The number of unbranched alkanes of at least 4 members (excludes halogenated alkanes) is 33. The molecule has 370 valence electrons. The van der Waals surface area contributed by atoms with E-state index in [0.29, 0.717) is 19.3 Å².